The number of aromatic nitrogens is 2. The molecule has 5 heteroatoms. The summed E-state index contributed by atoms with van der Waals surface area (Å²) in [4.78, 5) is 10.7. The molecule has 0 radical (unpaired) electrons. The summed E-state index contributed by atoms with van der Waals surface area (Å²) in [7, 11) is 0. The van der Waals surface area contributed by atoms with Crippen LogP contribution in [0.3, 0.4) is 0 Å². The van der Waals surface area contributed by atoms with Crippen LogP contribution in [-0.2, 0) is 16.1 Å². The number of aliphatic carboxylic acids is 1. The second-order valence-electron chi connectivity index (χ2n) is 2.96. The Hall–Kier alpha value is -1.36. The lowest BCUT2D eigenvalue weighted by molar-refractivity contribution is -0.151. The van der Waals surface area contributed by atoms with E-state index in [9.17, 15) is 4.79 Å². The second-order valence-corrected chi connectivity index (χ2v) is 2.96. The quantitative estimate of drug-likeness (QED) is 0.755. The van der Waals surface area contributed by atoms with Gasteiger partial charge in [-0.05, 0) is 19.9 Å². The van der Waals surface area contributed by atoms with Crippen molar-refractivity contribution in [3.05, 3.63) is 18.0 Å². The Morgan fingerprint density at radius 2 is 2.50 bits per heavy atom. The monoisotopic (exact) mass is 198 g/mol. The lowest BCUT2D eigenvalue weighted by Crippen LogP contribution is -2.29. The van der Waals surface area contributed by atoms with Crippen LogP contribution in [0.25, 0.3) is 0 Å². The molecule has 0 aliphatic carbocycles. The van der Waals surface area contributed by atoms with Crippen LogP contribution in [-0.4, -0.2) is 33.6 Å². The maximum atomic E-state index is 10.7. The second kappa shape index (κ2) is 4.76. The first-order chi connectivity index (χ1) is 6.63. The van der Waals surface area contributed by atoms with Crippen molar-refractivity contribution in [1.82, 2.24) is 9.78 Å². The molecule has 0 saturated carbocycles. The van der Waals surface area contributed by atoms with Crippen LogP contribution in [0.5, 0.6) is 0 Å². The van der Waals surface area contributed by atoms with Gasteiger partial charge in [-0.15, -0.1) is 0 Å². The van der Waals surface area contributed by atoms with Gasteiger partial charge in [-0.1, -0.05) is 0 Å². The van der Waals surface area contributed by atoms with Crippen LogP contribution in [0.15, 0.2) is 12.3 Å². The highest BCUT2D eigenvalue weighted by Crippen LogP contribution is 1.99. The van der Waals surface area contributed by atoms with Crippen LogP contribution >= 0.6 is 0 Å². The van der Waals surface area contributed by atoms with Gasteiger partial charge >= 0.3 is 5.97 Å². The predicted octanol–water partition coefficient (Wildman–Crippen LogP) is 0.681. The Balaban J connectivity index is 2.59. The number of hydrogen-bond acceptors (Lipinski definition) is 3. The molecule has 0 bridgehead atoms. The number of carboxylic acid groups (broad SMARTS) is 1. The minimum Gasteiger partial charge on any atom is -0.479 e. The third-order valence-electron chi connectivity index (χ3n) is 1.77. The highest BCUT2D eigenvalue weighted by molar-refractivity contribution is 5.72. The van der Waals surface area contributed by atoms with Crippen LogP contribution in [0.4, 0.5) is 0 Å². The van der Waals surface area contributed by atoms with Crippen molar-refractivity contribution >= 4 is 5.97 Å². The lowest BCUT2D eigenvalue weighted by Gasteiger charge is -2.11. The fourth-order valence-electron chi connectivity index (χ4n) is 1.14. The lowest BCUT2D eigenvalue weighted by atomic mass is 10.3. The molecular formula is C9H14N2O3. The normalized spacial score (nSPS) is 12.7. The number of rotatable bonds is 5. The zero-order chi connectivity index (χ0) is 10.6. The predicted molar refractivity (Wildman–Crippen MR) is 50.0 cm³/mol. The molecule has 1 atom stereocenters. The van der Waals surface area contributed by atoms with Gasteiger partial charge in [0.05, 0.1) is 12.2 Å². The van der Waals surface area contributed by atoms with Crippen LogP contribution < -0.4 is 0 Å². The topological polar surface area (TPSA) is 64.4 Å². The standard InChI is InChI=1S/C9H14N2O3/c1-3-14-8(9(12)13)6-11-5-4-7(2)10-11/h4-5,8H,3,6H2,1-2H3,(H,12,13). The van der Waals surface area contributed by atoms with Crippen molar-refractivity contribution in [1.29, 1.82) is 0 Å². The molecule has 14 heavy (non-hydrogen) atoms. The Morgan fingerprint density at radius 1 is 1.79 bits per heavy atom. The Bertz CT molecular complexity index is 309. The number of carboxylic acids is 1. The average molecular weight is 198 g/mol. The molecule has 0 amide bonds. The highest BCUT2D eigenvalue weighted by atomic mass is 16.5. The molecule has 0 aromatic carbocycles. The van der Waals surface area contributed by atoms with Crippen LogP contribution in [0, 0.1) is 6.92 Å². The molecule has 1 rings (SSSR count). The molecule has 0 aliphatic heterocycles. The van der Waals surface area contributed by atoms with Gasteiger partial charge in [0.25, 0.3) is 0 Å². The molecule has 0 fully saturated rings. The smallest absolute Gasteiger partial charge is 0.334 e. The van der Waals surface area contributed by atoms with E-state index in [0.29, 0.717) is 6.61 Å². The summed E-state index contributed by atoms with van der Waals surface area (Å²) in [6.07, 6.45) is 0.920. The Kier molecular flexibility index (Phi) is 3.64. The summed E-state index contributed by atoms with van der Waals surface area (Å²) < 4.78 is 6.63. The minimum atomic E-state index is -0.958. The van der Waals surface area contributed by atoms with Crippen molar-refractivity contribution in [3.8, 4) is 0 Å². The first-order valence-corrected chi connectivity index (χ1v) is 4.48. The van der Waals surface area contributed by atoms with Crippen molar-refractivity contribution in [2.75, 3.05) is 6.61 Å². The van der Waals surface area contributed by atoms with E-state index in [-0.39, 0.29) is 6.54 Å². The van der Waals surface area contributed by atoms with Gasteiger partial charge < -0.3 is 9.84 Å². The number of aryl methyl sites for hydroxylation is 1. The fourth-order valence-corrected chi connectivity index (χ4v) is 1.14. The van der Waals surface area contributed by atoms with E-state index in [0.717, 1.165) is 5.69 Å². The molecule has 0 spiro atoms. The van der Waals surface area contributed by atoms with Gasteiger partial charge in [-0.2, -0.15) is 5.10 Å². The molecule has 1 aromatic rings. The summed E-state index contributed by atoms with van der Waals surface area (Å²) in [6, 6.07) is 1.82. The molecular weight excluding hydrogens is 184 g/mol. The van der Waals surface area contributed by atoms with Crippen molar-refractivity contribution < 1.29 is 14.6 Å². The first-order valence-electron chi connectivity index (χ1n) is 4.48. The zero-order valence-corrected chi connectivity index (χ0v) is 8.30. The molecule has 0 aliphatic rings. The first kappa shape index (κ1) is 10.7. The number of hydrogen-bond donors (Lipinski definition) is 1. The van der Waals surface area contributed by atoms with E-state index < -0.39 is 12.1 Å². The summed E-state index contributed by atoms with van der Waals surface area (Å²) in [5.41, 5.74) is 0.866. The van der Waals surface area contributed by atoms with E-state index in [2.05, 4.69) is 5.10 Å². The van der Waals surface area contributed by atoms with E-state index in [4.69, 9.17) is 9.84 Å². The largest absolute Gasteiger partial charge is 0.479 e. The number of ether oxygens (including phenoxy) is 1. The van der Waals surface area contributed by atoms with E-state index in [1.807, 2.05) is 13.0 Å². The minimum absolute atomic E-state index is 0.247. The van der Waals surface area contributed by atoms with E-state index >= 15 is 0 Å². The third kappa shape index (κ3) is 2.85. The van der Waals surface area contributed by atoms with Gasteiger partial charge in [0.15, 0.2) is 6.10 Å². The summed E-state index contributed by atoms with van der Waals surface area (Å²) in [5, 5.41) is 12.9. The van der Waals surface area contributed by atoms with Gasteiger partial charge in [-0.25, -0.2) is 4.79 Å². The van der Waals surface area contributed by atoms with Crippen LogP contribution in [0.2, 0.25) is 0 Å². The molecule has 1 N–H and O–H groups in total. The maximum Gasteiger partial charge on any atom is 0.334 e. The SMILES string of the molecule is CCOC(Cn1ccc(C)n1)C(=O)O. The zero-order valence-electron chi connectivity index (χ0n) is 8.30. The molecule has 78 valence electrons. The Labute approximate surface area is 82.3 Å². The van der Waals surface area contributed by atoms with E-state index in [1.165, 1.54) is 0 Å². The maximum absolute atomic E-state index is 10.7. The summed E-state index contributed by atoms with van der Waals surface area (Å²) >= 11 is 0. The van der Waals surface area contributed by atoms with Crippen molar-refractivity contribution in [2.24, 2.45) is 0 Å². The van der Waals surface area contributed by atoms with Crippen molar-refractivity contribution in [3.63, 3.8) is 0 Å². The number of nitrogens with zero attached hydrogens (tertiary/aromatic N) is 2. The van der Waals surface area contributed by atoms with Gasteiger partial charge in [-0.3, -0.25) is 4.68 Å². The molecule has 1 heterocycles. The highest BCUT2D eigenvalue weighted by Gasteiger charge is 2.18. The summed E-state index contributed by atoms with van der Waals surface area (Å²) in [5.74, 6) is -0.958. The molecule has 1 unspecified atom stereocenters. The van der Waals surface area contributed by atoms with Gasteiger partial charge in [0.1, 0.15) is 0 Å². The van der Waals surface area contributed by atoms with Crippen LogP contribution in [0.1, 0.15) is 12.6 Å². The molecule has 5 nitrogen and oxygen atoms in total. The summed E-state index contributed by atoms with van der Waals surface area (Å²) in [6.45, 7) is 4.26. The van der Waals surface area contributed by atoms with Gasteiger partial charge in [0, 0.05) is 12.8 Å². The average Bonchev–Trinajstić information content (AvgIpc) is 2.50. The van der Waals surface area contributed by atoms with Crippen molar-refractivity contribution in [2.45, 2.75) is 26.5 Å². The Morgan fingerprint density at radius 3 is 2.93 bits per heavy atom. The fraction of sp³-hybridized carbons (Fsp3) is 0.556. The third-order valence-corrected chi connectivity index (χ3v) is 1.77. The van der Waals surface area contributed by atoms with Gasteiger partial charge in [0.2, 0.25) is 0 Å². The van der Waals surface area contributed by atoms with E-state index in [1.54, 1.807) is 17.8 Å². The molecule has 1 aromatic heterocycles. The molecule has 0 saturated heterocycles. The number of carbonyl (C=O) groups is 1.